The van der Waals surface area contributed by atoms with Crippen LogP contribution in [0.4, 0.5) is 0 Å². The van der Waals surface area contributed by atoms with E-state index in [9.17, 15) is 4.79 Å². The molecular weight excluding hydrogens is 224 g/mol. The lowest BCUT2D eigenvalue weighted by Crippen LogP contribution is -2.35. The quantitative estimate of drug-likeness (QED) is 0.285. The van der Waals surface area contributed by atoms with E-state index in [1.54, 1.807) is 6.92 Å². The molecule has 0 atom stereocenters. The molecule has 0 radical (unpaired) electrons. The molecule has 0 unspecified atom stereocenters. The summed E-state index contributed by atoms with van der Waals surface area (Å²) in [5, 5.41) is 0. The summed E-state index contributed by atoms with van der Waals surface area (Å²) >= 11 is 0. The molecule has 0 aromatic carbocycles. The molecule has 4 nitrogen and oxygen atoms in total. The van der Waals surface area contributed by atoms with Crippen LogP contribution in [0.1, 0.15) is 20.3 Å². The van der Waals surface area contributed by atoms with Gasteiger partial charge in [0.05, 0.1) is 6.61 Å². The van der Waals surface area contributed by atoms with Crippen molar-refractivity contribution >= 4 is 14.5 Å². The van der Waals surface area contributed by atoms with Gasteiger partial charge in [0, 0.05) is 25.2 Å². The molecule has 0 aliphatic rings. The van der Waals surface area contributed by atoms with E-state index in [1.807, 2.05) is 20.0 Å². The van der Waals surface area contributed by atoms with Crippen LogP contribution in [0, 0.1) is 0 Å². The largest absolute Gasteiger partial charge is 0.462 e. The second-order valence-electron chi connectivity index (χ2n) is 3.95. The van der Waals surface area contributed by atoms with E-state index in [2.05, 4.69) is 6.58 Å². The number of hydrogen-bond acceptors (Lipinski definition) is 4. The average molecular weight is 246 g/mol. The molecule has 0 rings (SSSR count). The van der Waals surface area contributed by atoms with Gasteiger partial charge in [-0.2, -0.15) is 0 Å². The minimum absolute atomic E-state index is 0.346. The topological polar surface area (TPSA) is 44.8 Å². The third kappa shape index (κ3) is 7.61. The van der Waals surface area contributed by atoms with E-state index in [4.69, 9.17) is 13.6 Å². The Morgan fingerprint density at radius 1 is 1.25 bits per heavy atom. The summed E-state index contributed by atoms with van der Waals surface area (Å²) in [7, 11) is -1.96. The molecule has 0 spiro atoms. The van der Waals surface area contributed by atoms with Gasteiger partial charge in [0.2, 0.25) is 0 Å². The van der Waals surface area contributed by atoms with Crippen LogP contribution in [0.3, 0.4) is 0 Å². The lowest BCUT2D eigenvalue weighted by molar-refractivity contribution is -0.139. The summed E-state index contributed by atoms with van der Waals surface area (Å²) in [5.41, 5.74) is 0.421. The highest BCUT2D eigenvalue weighted by atomic mass is 28.4. The summed E-state index contributed by atoms with van der Waals surface area (Å²) in [4.78, 5) is 11.0. The van der Waals surface area contributed by atoms with Crippen molar-refractivity contribution in [1.82, 2.24) is 0 Å². The first-order chi connectivity index (χ1) is 7.39. The molecule has 0 aromatic rings. The molecule has 0 amide bonds. The highest BCUT2D eigenvalue weighted by Crippen LogP contribution is 2.06. The number of carbonyl (C=O) groups excluding carboxylic acids is 1. The third-order valence-electron chi connectivity index (χ3n) is 1.81. The number of esters is 1. The van der Waals surface area contributed by atoms with E-state index in [0.29, 0.717) is 31.8 Å². The maximum Gasteiger partial charge on any atom is 0.333 e. The first kappa shape index (κ1) is 15.3. The van der Waals surface area contributed by atoms with Gasteiger partial charge < -0.3 is 13.6 Å². The second-order valence-corrected chi connectivity index (χ2v) is 7.33. The standard InChI is InChI=1S/C11H22O4Si/c1-6-14-16(4,5)15-9-7-8-13-11(12)10(2)3/h2,6-9H2,1,3-5H3. The Morgan fingerprint density at radius 2 is 1.88 bits per heavy atom. The van der Waals surface area contributed by atoms with Crippen LogP contribution in [-0.4, -0.2) is 34.4 Å². The minimum Gasteiger partial charge on any atom is -0.462 e. The Hall–Kier alpha value is -0.653. The molecule has 94 valence electrons. The summed E-state index contributed by atoms with van der Waals surface area (Å²) in [5.74, 6) is -0.346. The normalized spacial score (nSPS) is 11.2. The average Bonchev–Trinajstić information content (AvgIpc) is 2.16. The zero-order chi connectivity index (χ0) is 12.6. The van der Waals surface area contributed by atoms with Gasteiger partial charge in [-0.1, -0.05) is 6.58 Å². The number of carbonyl (C=O) groups is 1. The molecule has 0 aromatic heterocycles. The predicted octanol–water partition coefficient (Wildman–Crippen LogP) is 2.25. The zero-order valence-electron chi connectivity index (χ0n) is 10.7. The van der Waals surface area contributed by atoms with Crippen LogP contribution in [-0.2, 0) is 18.4 Å². The van der Waals surface area contributed by atoms with Crippen molar-refractivity contribution in [2.45, 2.75) is 33.4 Å². The first-order valence-electron chi connectivity index (χ1n) is 5.49. The van der Waals surface area contributed by atoms with Crippen molar-refractivity contribution in [3.8, 4) is 0 Å². The maximum atomic E-state index is 11.0. The van der Waals surface area contributed by atoms with E-state index in [-0.39, 0.29) is 5.97 Å². The molecule has 16 heavy (non-hydrogen) atoms. The predicted molar refractivity (Wildman–Crippen MR) is 65.5 cm³/mol. The summed E-state index contributed by atoms with van der Waals surface area (Å²) < 4.78 is 16.0. The smallest absolute Gasteiger partial charge is 0.333 e. The van der Waals surface area contributed by atoms with Gasteiger partial charge in [0.25, 0.3) is 0 Å². The molecular formula is C11H22O4Si. The van der Waals surface area contributed by atoms with Crippen LogP contribution in [0.5, 0.6) is 0 Å². The van der Waals surface area contributed by atoms with Gasteiger partial charge in [0.1, 0.15) is 0 Å². The highest BCUT2D eigenvalue weighted by Gasteiger charge is 2.23. The van der Waals surface area contributed by atoms with Crippen LogP contribution >= 0.6 is 0 Å². The lowest BCUT2D eigenvalue weighted by Gasteiger charge is -2.21. The van der Waals surface area contributed by atoms with Crippen molar-refractivity contribution in [3.05, 3.63) is 12.2 Å². The summed E-state index contributed by atoms with van der Waals surface area (Å²) in [6, 6.07) is 0. The Balaban J connectivity index is 3.54. The Morgan fingerprint density at radius 3 is 2.38 bits per heavy atom. The molecule has 0 aliphatic carbocycles. The third-order valence-corrected chi connectivity index (χ3v) is 3.70. The fourth-order valence-electron chi connectivity index (χ4n) is 1.05. The molecule has 5 heteroatoms. The Labute approximate surface area is 98.8 Å². The van der Waals surface area contributed by atoms with Crippen molar-refractivity contribution < 1.29 is 18.4 Å². The van der Waals surface area contributed by atoms with Crippen LogP contribution in [0.25, 0.3) is 0 Å². The van der Waals surface area contributed by atoms with Crippen molar-refractivity contribution in [3.63, 3.8) is 0 Å². The Bertz CT molecular complexity index is 238. The molecule has 0 fully saturated rings. The van der Waals surface area contributed by atoms with Crippen molar-refractivity contribution in [1.29, 1.82) is 0 Å². The van der Waals surface area contributed by atoms with Gasteiger partial charge >= 0.3 is 14.5 Å². The number of rotatable bonds is 8. The number of hydrogen-bond donors (Lipinski definition) is 0. The van der Waals surface area contributed by atoms with Crippen LogP contribution in [0.15, 0.2) is 12.2 Å². The summed E-state index contributed by atoms with van der Waals surface area (Å²) in [6.45, 7) is 12.7. The van der Waals surface area contributed by atoms with Crippen molar-refractivity contribution in [2.24, 2.45) is 0 Å². The maximum absolute atomic E-state index is 11.0. The Kier molecular flexibility index (Phi) is 7.28. The molecule has 0 saturated heterocycles. The van der Waals surface area contributed by atoms with Gasteiger partial charge in [-0.15, -0.1) is 0 Å². The summed E-state index contributed by atoms with van der Waals surface area (Å²) in [6.07, 6.45) is 0.683. The highest BCUT2D eigenvalue weighted by molar-refractivity contribution is 6.64. The molecule has 0 aliphatic heterocycles. The minimum atomic E-state index is -1.96. The number of ether oxygens (including phenoxy) is 1. The van der Waals surface area contributed by atoms with Gasteiger partial charge in [0.15, 0.2) is 0 Å². The van der Waals surface area contributed by atoms with E-state index in [1.165, 1.54) is 0 Å². The SMILES string of the molecule is C=C(C)C(=O)OCCCO[Si](C)(C)OCC. The zero-order valence-corrected chi connectivity index (χ0v) is 11.7. The van der Waals surface area contributed by atoms with Crippen LogP contribution in [0.2, 0.25) is 13.1 Å². The van der Waals surface area contributed by atoms with Gasteiger partial charge in [-0.05, 0) is 26.9 Å². The monoisotopic (exact) mass is 246 g/mol. The first-order valence-corrected chi connectivity index (χ1v) is 8.31. The molecule has 0 heterocycles. The molecule has 0 bridgehead atoms. The van der Waals surface area contributed by atoms with E-state index in [0.717, 1.165) is 0 Å². The molecule has 0 saturated carbocycles. The second kappa shape index (κ2) is 7.59. The van der Waals surface area contributed by atoms with Gasteiger partial charge in [-0.25, -0.2) is 4.79 Å². The fourth-order valence-corrected chi connectivity index (χ4v) is 2.47. The van der Waals surface area contributed by atoms with E-state index < -0.39 is 8.56 Å². The van der Waals surface area contributed by atoms with E-state index >= 15 is 0 Å². The molecule has 0 N–H and O–H groups in total. The van der Waals surface area contributed by atoms with Crippen molar-refractivity contribution in [2.75, 3.05) is 19.8 Å². The fraction of sp³-hybridized carbons (Fsp3) is 0.727. The van der Waals surface area contributed by atoms with Gasteiger partial charge in [-0.3, -0.25) is 0 Å². The lowest BCUT2D eigenvalue weighted by atomic mass is 10.4. The van der Waals surface area contributed by atoms with Crippen LogP contribution < -0.4 is 0 Å².